The summed E-state index contributed by atoms with van der Waals surface area (Å²) >= 11 is 5.91. The van der Waals surface area contributed by atoms with Gasteiger partial charge in [-0.15, -0.1) is 0 Å². The SMILES string of the molecule is COCCCn1c([C@@H]2CCCN(C(=O)C[C@@H](N)CNS(=O)(=O)c3cccc(Cl)c3)C2)nc2ccccc21. The molecule has 0 unspecified atom stereocenters. The van der Waals surface area contributed by atoms with Gasteiger partial charge in [0.1, 0.15) is 5.82 Å². The van der Waals surface area contributed by atoms with Crippen LogP contribution in [0.4, 0.5) is 0 Å². The van der Waals surface area contributed by atoms with Crippen molar-refractivity contribution in [1.82, 2.24) is 19.2 Å². The third-order valence-corrected chi connectivity index (χ3v) is 8.29. The second kappa shape index (κ2) is 12.4. The summed E-state index contributed by atoms with van der Waals surface area (Å²) in [6.07, 6.45) is 2.74. The molecule has 1 aromatic heterocycles. The van der Waals surface area contributed by atoms with Crippen molar-refractivity contribution in [1.29, 1.82) is 0 Å². The van der Waals surface area contributed by atoms with E-state index in [0.29, 0.717) is 24.7 Å². The Balaban J connectivity index is 1.38. The molecule has 1 amide bonds. The van der Waals surface area contributed by atoms with Gasteiger partial charge in [-0.3, -0.25) is 4.79 Å². The summed E-state index contributed by atoms with van der Waals surface area (Å²) in [6.45, 7) is 2.63. The van der Waals surface area contributed by atoms with Crippen LogP contribution in [0.2, 0.25) is 5.02 Å². The molecule has 2 aromatic carbocycles. The van der Waals surface area contributed by atoms with Gasteiger partial charge in [0.25, 0.3) is 0 Å². The molecular formula is C26H34ClN5O4S. The lowest BCUT2D eigenvalue weighted by atomic mass is 9.96. The van der Waals surface area contributed by atoms with E-state index in [1.165, 1.54) is 12.1 Å². The van der Waals surface area contributed by atoms with Crippen LogP contribution in [0, 0.1) is 0 Å². The van der Waals surface area contributed by atoms with Crippen LogP contribution in [0.15, 0.2) is 53.4 Å². The molecule has 200 valence electrons. The molecule has 0 spiro atoms. The summed E-state index contributed by atoms with van der Waals surface area (Å²) in [6, 6.07) is 13.4. The zero-order valence-corrected chi connectivity index (χ0v) is 22.5. The Bertz CT molecular complexity index is 1330. The Labute approximate surface area is 223 Å². The summed E-state index contributed by atoms with van der Waals surface area (Å²) < 4.78 is 35.1. The monoisotopic (exact) mass is 547 g/mol. The number of hydrogen-bond donors (Lipinski definition) is 2. The molecule has 2 atom stereocenters. The van der Waals surface area contributed by atoms with Gasteiger partial charge in [0.05, 0.1) is 15.9 Å². The van der Waals surface area contributed by atoms with Crippen LogP contribution >= 0.6 is 11.6 Å². The van der Waals surface area contributed by atoms with Crippen molar-refractivity contribution >= 4 is 38.6 Å². The molecule has 0 bridgehead atoms. The molecule has 0 saturated carbocycles. The van der Waals surface area contributed by atoms with E-state index in [1.807, 2.05) is 23.1 Å². The van der Waals surface area contributed by atoms with Gasteiger partial charge in [-0.25, -0.2) is 18.1 Å². The average molecular weight is 548 g/mol. The Morgan fingerprint density at radius 3 is 2.86 bits per heavy atom. The van der Waals surface area contributed by atoms with Gasteiger partial charge in [0, 0.05) is 63.3 Å². The Kier molecular flexibility index (Phi) is 9.20. The third kappa shape index (κ3) is 6.88. The third-order valence-electron chi connectivity index (χ3n) is 6.63. The first-order valence-electron chi connectivity index (χ1n) is 12.5. The number of imidazole rings is 1. The van der Waals surface area contributed by atoms with Crippen molar-refractivity contribution in [3.63, 3.8) is 0 Å². The molecule has 9 nitrogen and oxygen atoms in total. The van der Waals surface area contributed by atoms with Crippen molar-refractivity contribution in [3.8, 4) is 0 Å². The maximum atomic E-state index is 13.1. The number of sulfonamides is 1. The predicted molar refractivity (Wildman–Crippen MR) is 144 cm³/mol. The van der Waals surface area contributed by atoms with Gasteiger partial charge in [-0.1, -0.05) is 29.8 Å². The second-order valence-corrected chi connectivity index (χ2v) is 11.6. The number of aromatic nitrogens is 2. The number of fused-ring (bicyclic) bond motifs is 1. The minimum absolute atomic E-state index is 0.0485. The number of amides is 1. The van der Waals surface area contributed by atoms with Crippen molar-refractivity contribution in [2.75, 3.05) is 33.4 Å². The molecule has 1 fully saturated rings. The largest absolute Gasteiger partial charge is 0.385 e. The number of likely N-dealkylation sites (tertiary alicyclic amines) is 1. The first kappa shape index (κ1) is 27.5. The zero-order chi connectivity index (χ0) is 26.4. The fourth-order valence-corrected chi connectivity index (χ4v) is 6.18. The van der Waals surface area contributed by atoms with Gasteiger partial charge in [-0.05, 0) is 49.6 Å². The number of halogens is 1. The molecule has 3 aromatic rings. The van der Waals surface area contributed by atoms with Gasteiger partial charge >= 0.3 is 0 Å². The average Bonchev–Trinajstić information content (AvgIpc) is 3.26. The number of piperidine rings is 1. The van der Waals surface area contributed by atoms with E-state index in [4.69, 9.17) is 27.1 Å². The van der Waals surface area contributed by atoms with Crippen LogP contribution in [0.1, 0.15) is 37.4 Å². The normalized spacial score (nSPS) is 17.3. The van der Waals surface area contributed by atoms with E-state index in [9.17, 15) is 13.2 Å². The van der Waals surface area contributed by atoms with E-state index in [0.717, 1.165) is 42.7 Å². The minimum Gasteiger partial charge on any atom is -0.385 e. The standard InChI is InChI=1S/C26H34ClN5O4S/c1-36-14-6-13-32-24-11-3-2-10-23(24)30-26(32)19-7-5-12-31(18-19)25(33)16-21(28)17-29-37(34,35)22-9-4-8-20(27)15-22/h2-4,8-11,15,19,21,29H,5-7,12-14,16-18,28H2,1H3/t19-,21-/m1/s1. The number of aryl methyl sites for hydroxylation is 1. The molecule has 37 heavy (non-hydrogen) atoms. The number of nitrogens with two attached hydrogens (primary N) is 1. The van der Waals surface area contributed by atoms with Crippen molar-refractivity contribution in [3.05, 3.63) is 59.4 Å². The molecular weight excluding hydrogens is 514 g/mol. The maximum absolute atomic E-state index is 13.1. The van der Waals surface area contributed by atoms with E-state index >= 15 is 0 Å². The molecule has 0 radical (unpaired) electrons. The van der Waals surface area contributed by atoms with Crippen LogP contribution in [0.3, 0.4) is 0 Å². The van der Waals surface area contributed by atoms with E-state index in [1.54, 1.807) is 19.2 Å². The fourth-order valence-electron chi connectivity index (χ4n) is 4.78. The fraction of sp³-hybridized carbons (Fsp3) is 0.462. The summed E-state index contributed by atoms with van der Waals surface area (Å²) in [5.74, 6) is 1.03. The molecule has 4 rings (SSSR count). The highest BCUT2D eigenvalue weighted by atomic mass is 35.5. The first-order valence-corrected chi connectivity index (χ1v) is 14.4. The van der Waals surface area contributed by atoms with Crippen LogP contribution in [0.25, 0.3) is 11.0 Å². The molecule has 1 saturated heterocycles. The minimum atomic E-state index is -3.77. The highest BCUT2D eigenvalue weighted by Crippen LogP contribution is 2.30. The van der Waals surface area contributed by atoms with Crippen molar-refractivity contribution < 1.29 is 17.9 Å². The molecule has 11 heteroatoms. The number of carbonyl (C=O) groups excluding carboxylic acids is 1. The van der Waals surface area contributed by atoms with Crippen LogP contribution in [0.5, 0.6) is 0 Å². The predicted octanol–water partition coefficient (Wildman–Crippen LogP) is 3.13. The second-order valence-electron chi connectivity index (χ2n) is 9.41. The number of carbonyl (C=O) groups is 1. The highest BCUT2D eigenvalue weighted by molar-refractivity contribution is 7.89. The number of rotatable bonds is 11. The van der Waals surface area contributed by atoms with Crippen LogP contribution in [-0.2, 0) is 26.1 Å². The molecule has 3 N–H and O–H groups in total. The highest BCUT2D eigenvalue weighted by Gasteiger charge is 2.29. The maximum Gasteiger partial charge on any atom is 0.240 e. The molecule has 0 aliphatic carbocycles. The van der Waals surface area contributed by atoms with Gasteiger partial charge in [0.2, 0.25) is 15.9 Å². The van der Waals surface area contributed by atoms with Crippen LogP contribution < -0.4 is 10.5 Å². The zero-order valence-electron chi connectivity index (χ0n) is 21.0. The van der Waals surface area contributed by atoms with Crippen LogP contribution in [-0.4, -0.2) is 68.2 Å². The number of nitrogens with zero attached hydrogens (tertiary/aromatic N) is 3. The van der Waals surface area contributed by atoms with E-state index in [-0.39, 0.29) is 29.7 Å². The summed E-state index contributed by atoms with van der Waals surface area (Å²) in [4.78, 5) is 19.9. The number of benzene rings is 2. The number of hydrogen-bond acceptors (Lipinski definition) is 6. The Morgan fingerprint density at radius 1 is 1.27 bits per heavy atom. The lowest BCUT2D eigenvalue weighted by molar-refractivity contribution is -0.132. The van der Waals surface area contributed by atoms with E-state index in [2.05, 4.69) is 15.4 Å². The Morgan fingerprint density at radius 2 is 2.08 bits per heavy atom. The number of methoxy groups -OCH3 is 1. The van der Waals surface area contributed by atoms with Gasteiger partial charge < -0.3 is 19.9 Å². The topological polar surface area (TPSA) is 120 Å². The molecule has 1 aliphatic heterocycles. The summed E-state index contributed by atoms with van der Waals surface area (Å²) in [5, 5.41) is 0.328. The van der Waals surface area contributed by atoms with Gasteiger partial charge in [0.15, 0.2) is 0 Å². The summed E-state index contributed by atoms with van der Waals surface area (Å²) in [5.41, 5.74) is 8.20. The molecule has 1 aliphatic rings. The Hall–Kier alpha value is -2.50. The smallest absolute Gasteiger partial charge is 0.240 e. The van der Waals surface area contributed by atoms with E-state index < -0.39 is 16.1 Å². The molecule has 2 heterocycles. The van der Waals surface area contributed by atoms with Gasteiger partial charge in [-0.2, -0.15) is 0 Å². The van der Waals surface area contributed by atoms with Crippen molar-refractivity contribution in [2.45, 2.75) is 49.1 Å². The number of ether oxygens (including phenoxy) is 1. The summed E-state index contributed by atoms with van der Waals surface area (Å²) in [7, 11) is -2.07. The first-order chi connectivity index (χ1) is 17.8. The number of nitrogens with one attached hydrogen (secondary N) is 1. The number of para-hydroxylation sites is 2. The quantitative estimate of drug-likeness (QED) is 0.356. The lowest BCUT2D eigenvalue weighted by Gasteiger charge is -2.33. The van der Waals surface area contributed by atoms with Crippen molar-refractivity contribution in [2.24, 2.45) is 5.73 Å². The lowest BCUT2D eigenvalue weighted by Crippen LogP contribution is -2.45.